The highest BCUT2D eigenvalue weighted by molar-refractivity contribution is 6.02. The summed E-state index contributed by atoms with van der Waals surface area (Å²) >= 11 is 0. The highest BCUT2D eigenvalue weighted by atomic mass is 16.3. The van der Waals surface area contributed by atoms with E-state index in [9.17, 15) is 14.4 Å². The van der Waals surface area contributed by atoms with Gasteiger partial charge in [0.1, 0.15) is 0 Å². The fourth-order valence-electron chi connectivity index (χ4n) is 3.68. The number of hydrogen-bond acceptors (Lipinski definition) is 5. The Bertz CT molecular complexity index is 1110. The van der Waals surface area contributed by atoms with Gasteiger partial charge in [-0.3, -0.25) is 14.5 Å². The molecule has 1 fully saturated rings. The van der Waals surface area contributed by atoms with Crippen LogP contribution in [0.5, 0.6) is 0 Å². The number of furan rings is 1. The predicted octanol–water partition coefficient (Wildman–Crippen LogP) is 3.00. The van der Waals surface area contributed by atoms with Crippen molar-refractivity contribution >= 4 is 29.2 Å². The lowest BCUT2D eigenvalue weighted by molar-refractivity contribution is -0.117. The zero-order valence-electron chi connectivity index (χ0n) is 18.7. The highest BCUT2D eigenvalue weighted by Crippen LogP contribution is 2.13. The Kier molecular flexibility index (Phi) is 7.56. The van der Waals surface area contributed by atoms with Crippen molar-refractivity contribution in [2.75, 3.05) is 43.4 Å². The van der Waals surface area contributed by atoms with Crippen LogP contribution in [0.15, 0.2) is 77.4 Å². The fraction of sp³-hybridized carbons (Fsp3) is 0.240. The van der Waals surface area contributed by atoms with Crippen molar-refractivity contribution in [3.63, 3.8) is 0 Å². The minimum Gasteiger partial charge on any atom is -0.459 e. The maximum Gasteiger partial charge on any atom is 0.317 e. The molecule has 4 amide bonds. The Morgan fingerprint density at radius 1 is 0.824 bits per heavy atom. The molecular formula is C25H27N5O4. The molecule has 0 spiro atoms. The lowest BCUT2D eigenvalue weighted by Gasteiger charge is -2.34. The van der Waals surface area contributed by atoms with Crippen LogP contribution in [0.2, 0.25) is 0 Å². The molecule has 1 aliphatic heterocycles. The summed E-state index contributed by atoms with van der Waals surface area (Å²) in [5, 5.41) is 8.58. The van der Waals surface area contributed by atoms with Crippen LogP contribution in [0.3, 0.4) is 0 Å². The third kappa shape index (κ3) is 6.46. The van der Waals surface area contributed by atoms with Crippen LogP contribution in [0.25, 0.3) is 0 Å². The second-order valence-electron chi connectivity index (χ2n) is 7.97. The maximum atomic E-state index is 12.6. The molecule has 9 nitrogen and oxygen atoms in total. The van der Waals surface area contributed by atoms with Gasteiger partial charge in [-0.25, -0.2) is 4.79 Å². The summed E-state index contributed by atoms with van der Waals surface area (Å²) in [7, 11) is 0. The molecule has 0 atom stereocenters. The van der Waals surface area contributed by atoms with Gasteiger partial charge >= 0.3 is 6.03 Å². The summed E-state index contributed by atoms with van der Waals surface area (Å²) in [6.45, 7) is 2.98. The number of carbonyl (C=O) groups is 3. The molecule has 1 aromatic heterocycles. The van der Waals surface area contributed by atoms with E-state index in [1.807, 2.05) is 53.4 Å². The van der Waals surface area contributed by atoms with Gasteiger partial charge in [-0.15, -0.1) is 0 Å². The SMILES string of the molecule is O=C(CN1CCN(C(=O)NCc2cccc(NC(=O)c3ccco3)c2)CC1)Nc1ccccc1. The van der Waals surface area contributed by atoms with Crippen molar-refractivity contribution in [3.05, 3.63) is 84.3 Å². The first-order chi connectivity index (χ1) is 16.6. The third-order valence-electron chi connectivity index (χ3n) is 5.46. The molecule has 0 bridgehead atoms. The van der Waals surface area contributed by atoms with E-state index in [0.717, 1.165) is 11.3 Å². The number of hydrogen-bond donors (Lipinski definition) is 3. The first-order valence-electron chi connectivity index (χ1n) is 11.1. The smallest absolute Gasteiger partial charge is 0.317 e. The monoisotopic (exact) mass is 461 g/mol. The summed E-state index contributed by atoms with van der Waals surface area (Å²) < 4.78 is 5.10. The Labute approximate surface area is 197 Å². The van der Waals surface area contributed by atoms with Gasteiger partial charge in [-0.05, 0) is 42.0 Å². The number of anilines is 2. The van der Waals surface area contributed by atoms with E-state index in [1.165, 1.54) is 6.26 Å². The molecule has 2 heterocycles. The van der Waals surface area contributed by atoms with E-state index >= 15 is 0 Å². The van der Waals surface area contributed by atoms with Crippen LogP contribution in [-0.2, 0) is 11.3 Å². The molecule has 176 valence electrons. The highest BCUT2D eigenvalue weighted by Gasteiger charge is 2.22. The maximum absolute atomic E-state index is 12.6. The van der Waals surface area contributed by atoms with E-state index in [1.54, 1.807) is 23.1 Å². The number of amides is 4. The minimum atomic E-state index is -0.332. The second kappa shape index (κ2) is 11.2. The molecule has 3 N–H and O–H groups in total. The zero-order chi connectivity index (χ0) is 23.8. The summed E-state index contributed by atoms with van der Waals surface area (Å²) in [6, 6.07) is 19.7. The van der Waals surface area contributed by atoms with E-state index < -0.39 is 0 Å². The van der Waals surface area contributed by atoms with Crippen molar-refractivity contribution < 1.29 is 18.8 Å². The molecule has 9 heteroatoms. The Hall–Kier alpha value is -4.11. The number of nitrogens with one attached hydrogen (secondary N) is 3. The lowest BCUT2D eigenvalue weighted by atomic mass is 10.2. The normalized spacial score (nSPS) is 13.8. The van der Waals surface area contributed by atoms with Gasteiger partial charge < -0.3 is 25.3 Å². The van der Waals surface area contributed by atoms with Gasteiger partial charge in [-0.1, -0.05) is 30.3 Å². The molecule has 0 unspecified atom stereocenters. The van der Waals surface area contributed by atoms with Crippen molar-refractivity contribution in [1.29, 1.82) is 0 Å². The van der Waals surface area contributed by atoms with Crippen LogP contribution in [0.1, 0.15) is 16.1 Å². The average molecular weight is 462 g/mol. The van der Waals surface area contributed by atoms with Crippen LogP contribution in [0, 0.1) is 0 Å². The molecule has 0 radical (unpaired) electrons. The molecule has 34 heavy (non-hydrogen) atoms. The van der Waals surface area contributed by atoms with E-state index in [0.29, 0.717) is 45.0 Å². The number of benzene rings is 2. The van der Waals surface area contributed by atoms with Gasteiger partial charge in [0, 0.05) is 44.1 Å². The van der Waals surface area contributed by atoms with Crippen molar-refractivity contribution in [1.82, 2.24) is 15.1 Å². The van der Waals surface area contributed by atoms with Crippen LogP contribution in [-0.4, -0.2) is 60.4 Å². The molecule has 1 saturated heterocycles. The Morgan fingerprint density at radius 2 is 1.59 bits per heavy atom. The number of urea groups is 1. The van der Waals surface area contributed by atoms with E-state index in [2.05, 4.69) is 16.0 Å². The van der Waals surface area contributed by atoms with E-state index in [-0.39, 0.29) is 23.6 Å². The van der Waals surface area contributed by atoms with Crippen molar-refractivity contribution in [3.8, 4) is 0 Å². The zero-order valence-corrected chi connectivity index (χ0v) is 18.7. The summed E-state index contributed by atoms with van der Waals surface area (Å²) in [4.78, 5) is 40.7. The number of rotatable bonds is 7. The van der Waals surface area contributed by atoms with Crippen LogP contribution >= 0.6 is 0 Å². The van der Waals surface area contributed by atoms with Gasteiger partial charge in [-0.2, -0.15) is 0 Å². The first kappa shape index (κ1) is 23.1. The van der Waals surface area contributed by atoms with Gasteiger partial charge in [0.2, 0.25) is 5.91 Å². The van der Waals surface area contributed by atoms with Gasteiger partial charge in [0.25, 0.3) is 5.91 Å². The lowest BCUT2D eigenvalue weighted by Crippen LogP contribution is -2.52. The Morgan fingerprint density at radius 3 is 2.32 bits per heavy atom. The minimum absolute atomic E-state index is 0.0666. The molecular weight excluding hydrogens is 434 g/mol. The van der Waals surface area contributed by atoms with Crippen LogP contribution < -0.4 is 16.0 Å². The largest absolute Gasteiger partial charge is 0.459 e. The number of para-hydroxylation sites is 1. The molecule has 2 aromatic carbocycles. The Balaban J connectivity index is 1.19. The number of nitrogens with zero attached hydrogens (tertiary/aromatic N) is 2. The van der Waals surface area contributed by atoms with Crippen molar-refractivity contribution in [2.45, 2.75) is 6.54 Å². The number of carbonyl (C=O) groups excluding carboxylic acids is 3. The van der Waals surface area contributed by atoms with Gasteiger partial charge in [0.15, 0.2) is 5.76 Å². The predicted molar refractivity (Wildman–Crippen MR) is 128 cm³/mol. The second-order valence-corrected chi connectivity index (χ2v) is 7.97. The van der Waals surface area contributed by atoms with Crippen molar-refractivity contribution in [2.24, 2.45) is 0 Å². The third-order valence-corrected chi connectivity index (χ3v) is 5.46. The molecule has 0 saturated carbocycles. The molecule has 0 aliphatic carbocycles. The summed E-state index contributed by atoms with van der Waals surface area (Å²) in [5.41, 5.74) is 2.26. The summed E-state index contributed by atoms with van der Waals surface area (Å²) in [6.07, 6.45) is 1.44. The van der Waals surface area contributed by atoms with Crippen LogP contribution in [0.4, 0.5) is 16.2 Å². The van der Waals surface area contributed by atoms with E-state index in [4.69, 9.17) is 4.42 Å². The topological polar surface area (TPSA) is 107 Å². The quantitative estimate of drug-likeness (QED) is 0.502. The van der Waals surface area contributed by atoms with Gasteiger partial charge in [0.05, 0.1) is 12.8 Å². The average Bonchev–Trinajstić information content (AvgIpc) is 3.39. The number of piperazine rings is 1. The molecule has 3 aromatic rings. The first-order valence-corrected chi connectivity index (χ1v) is 11.1. The molecule has 1 aliphatic rings. The fourth-order valence-corrected chi connectivity index (χ4v) is 3.68. The summed E-state index contributed by atoms with van der Waals surface area (Å²) in [5.74, 6) is -0.167. The standard InChI is InChI=1S/C25H27N5O4/c31-23(27-20-7-2-1-3-8-20)18-29-11-13-30(14-12-29)25(33)26-17-19-6-4-9-21(16-19)28-24(32)22-10-5-15-34-22/h1-10,15-16H,11-14,17-18H2,(H,26,33)(H,27,31)(H,28,32). The molecule has 4 rings (SSSR count).